The molecule has 0 aromatic carbocycles. The fourth-order valence-electron chi connectivity index (χ4n) is 8.20. The average molecular weight is 415 g/mol. The van der Waals surface area contributed by atoms with Crippen LogP contribution >= 0.6 is 12.2 Å². The zero-order valence-electron chi connectivity index (χ0n) is 17.9. The predicted octanol–water partition coefficient (Wildman–Crippen LogP) is 4.17. The Morgan fingerprint density at radius 3 is 2.69 bits per heavy atom. The van der Waals surface area contributed by atoms with Gasteiger partial charge in [-0.15, -0.1) is 0 Å². The highest BCUT2D eigenvalue weighted by Crippen LogP contribution is 2.68. The first-order valence-electron chi connectivity index (χ1n) is 11.2. The quantitative estimate of drug-likeness (QED) is 0.535. The van der Waals surface area contributed by atoms with Gasteiger partial charge in [-0.2, -0.15) is 5.26 Å². The van der Waals surface area contributed by atoms with Gasteiger partial charge in [0.25, 0.3) is 0 Å². The summed E-state index contributed by atoms with van der Waals surface area (Å²) >= 11 is 5.22. The zero-order valence-corrected chi connectivity index (χ0v) is 18.7. The largest absolute Gasteiger partial charge is 0.393 e. The molecule has 4 aliphatic carbocycles. The number of fused-ring (bicyclic) bond motifs is 5. The minimum atomic E-state index is -0.519. The number of rotatable bonds is 3. The van der Waals surface area contributed by atoms with E-state index < -0.39 is 5.92 Å². The van der Waals surface area contributed by atoms with Gasteiger partial charge in [0.15, 0.2) is 0 Å². The van der Waals surface area contributed by atoms with Gasteiger partial charge in [0.2, 0.25) is 0 Å². The third-order valence-electron chi connectivity index (χ3n) is 9.49. The summed E-state index contributed by atoms with van der Waals surface area (Å²) in [6.45, 7) is 6.39. The molecule has 3 fully saturated rings. The van der Waals surface area contributed by atoms with Crippen LogP contribution in [-0.2, 0) is 4.79 Å². The van der Waals surface area contributed by atoms with Gasteiger partial charge in [-0.25, -0.2) is 0 Å². The molecule has 3 saturated carbocycles. The number of Topliss-reactive ketones (excluding diaryl/α,β-unsaturated/α-hetero) is 1. The number of nitrogens with zero attached hydrogens (tertiary/aromatic N) is 1. The molecule has 0 heterocycles. The van der Waals surface area contributed by atoms with E-state index >= 15 is 0 Å². The lowest BCUT2D eigenvalue weighted by atomic mass is 9.47. The number of nitriles is 1. The van der Waals surface area contributed by atoms with Crippen LogP contribution in [0.2, 0.25) is 0 Å². The van der Waals surface area contributed by atoms with Gasteiger partial charge in [-0.1, -0.05) is 37.7 Å². The number of thiocarbonyl (C=S) groups is 1. The van der Waals surface area contributed by atoms with E-state index in [0.717, 1.165) is 44.9 Å². The molecular weight excluding hydrogens is 380 g/mol. The van der Waals surface area contributed by atoms with E-state index in [2.05, 4.69) is 26.0 Å². The highest BCUT2D eigenvalue weighted by molar-refractivity contribution is 7.80. The van der Waals surface area contributed by atoms with Crippen molar-refractivity contribution in [3.05, 3.63) is 11.6 Å². The van der Waals surface area contributed by atoms with Crippen LogP contribution in [0.3, 0.4) is 0 Å². The van der Waals surface area contributed by atoms with Gasteiger partial charge in [0.1, 0.15) is 5.78 Å². The summed E-state index contributed by atoms with van der Waals surface area (Å²) in [5.74, 6) is 1.04. The summed E-state index contributed by atoms with van der Waals surface area (Å²) in [6.07, 6.45) is 9.03. The smallest absolute Gasteiger partial charge is 0.133 e. The summed E-state index contributed by atoms with van der Waals surface area (Å²) in [6, 6.07) is 2.33. The molecule has 4 aliphatic rings. The molecule has 0 bridgehead atoms. The van der Waals surface area contributed by atoms with Crippen molar-refractivity contribution in [2.45, 2.75) is 71.8 Å². The third kappa shape index (κ3) is 3.01. The second-order valence-corrected chi connectivity index (χ2v) is 11.2. The lowest BCUT2D eigenvalue weighted by molar-refractivity contribution is -0.129. The Morgan fingerprint density at radius 2 is 2.07 bits per heavy atom. The minimum absolute atomic E-state index is 0.0601. The second kappa shape index (κ2) is 7.17. The molecule has 9 atom stereocenters. The van der Waals surface area contributed by atoms with Crippen molar-refractivity contribution in [2.24, 2.45) is 52.1 Å². The zero-order chi connectivity index (χ0) is 21.1. The summed E-state index contributed by atoms with van der Waals surface area (Å²) in [5.41, 5.74) is 7.49. The Balaban J connectivity index is 1.71. The van der Waals surface area contributed by atoms with Gasteiger partial charge >= 0.3 is 0 Å². The normalized spacial score (nSPS) is 47.1. The van der Waals surface area contributed by atoms with E-state index in [0.29, 0.717) is 17.8 Å². The number of hydrogen-bond acceptors (Lipinski definition) is 4. The van der Waals surface area contributed by atoms with E-state index in [1.165, 1.54) is 5.57 Å². The van der Waals surface area contributed by atoms with Crippen LogP contribution in [0.5, 0.6) is 0 Å². The second-order valence-electron chi connectivity index (χ2n) is 10.7. The molecule has 0 spiro atoms. The van der Waals surface area contributed by atoms with Crippen molar-refractivity contribution in [1.29, 1.82) is 5.26 Å². The summed E-state index contributed by atoms with van der Waals surface area (Å²) in [4.78, 5) is 13.1. The maximum absolute atomic E-state index is 12.8. The first-order valence-corrected chi connectivity index (χ1v) is 11.6. The van der Waals surface area contributed by atoms with E-state index in [-0.39, 0.29) is 39.5 Å². The summed E-state index contributed by atoms with van der Waals surface area (Å²) in [5, 5.41) is 20.0. The topological polar surface area (TPSA) is 87.1 Å². The summed E-state index contributed by atoms with van der Waals surface area (Å²) in [7, 11) is 0. The molecular formula is C24H34N2O2S. The Hall–Kier alpha value is -1.25. The first-order chi connectivity index (χ1) is 13.6. The maximum Gasteiger partial charge on any atom is 0.133 e. The van der Waals surface area contributed by atoms with E-state index in [1.807, 2.05) is 0 Å². The highest BCUT2D eigenvalue weighted by Gasteiger charge is 2.63. The molecule has 29 heavy (non-hydrogen) atoms. The van der Waals surface area contributed by atoms with Gasteiger partial charge in [0.05, 0.1) is 23.1 Å². The Labute approximate surface area is 179 Å². The number of carbonyl (C=O) groups excluding carboxylic acids is 1. The molecule has 0 amide bonds. The minimum Gasteiger partial charge on any atom is -0.393 e. The van der Waals surface area contributed by atoms with Crippen LogP contribution in [0.15, 0.2) is 11.6 Å². The van der Waals surface area contributed by atoms with Gasteiger partial charge in [-0.05, 0) is 86.4 Å². The first kappa shape index (κ1) is 21.0. The maximum atomic E-state index is 12.8. The van der Waals surface area contributed by atoms with E-state index in [1.54, 1.807) is 6.92 Å². The standard InChI is InChI=1S/C24H34N2O2S/c1-13(27)21-17(18(12-25)22(26)29)11-20-16-5-4-14-10-15(28)6-8-23(14,2)19(16)7-9-24(20,21)3/h4,15-21,28H,5-11H2,1-3H3,(H2,26,29)/t15-,16-,17+,18+,19-,20-,21-,23+,24+/m1/s1. The number of carbonyl (C=O) groups is 1. The fourth-order valence-corrected chi connectivity index (χ4v) is 8.43. The number of aliphatic hydroxyl groups is 1. The highest BCUT2D eigenvalue weighted by atomic mass is 32.1. The van der Waals surface area contributed by atoms with Crippen LogP contribution in [0.25, 0.3) is 0 Å². The molecule has 158 valence electrons. The van der Waals surface area contributed by atoms with Gasteiger partial charge in [0, 0.05) is 5.92 Å². The number of ketones is 1. The van der Waals surface area contributed by atoms with Gasteiger partial charge < -0.3 is 10.8 Å². The van der Waals surface area contributed by atoms with E-state index in [9.17, 15) is 15.2 Å². The van der Waals surface area contributed by atoms with Crippen molar-refractivity contribution in [3.8, 4) is 6.07 Å². The van der Waals surface area contributed by atoms with Crippen molar-refractivity contribution >= 4 is 23.0 Å². The Bertz CT molecular complexity index is 801. The van der Waals surface area contributed by atoms with Crippen molar-refractivity contribution < 1.29 is 9.90 Å². The molecule has 3 N–H and O–H groups in total. The van der Waals surface area contributed by atoms with Crippen LogP contribution in [-0.4, -0.2) is 22.0 Å². The SMILES string of the molecule is CC(=O)[C@@H]1[C@H]([C@H](C#N)C(N)=S)C[C@@H]2[C@@H]3CC=C4C[C@H](O)CC[C@]4(C)[C@@H]3CC[C@@]21C. The Morgan fingerprint density at radius 1 is 1.34 bits per heavy atom. The van der Waals surface area contributed by atoms with Crippen LogP contribution in [0, 0.1) is 57.7 Å². The van der Waals surface area contributed by atoms with Crippen molar-refractivity contribution in [3.63, 3.8) is 0 Å². The van der Waals surface area contributed by atoms with Crippen LogP contribution in [0.1, 0.15) is 65.7 Å². The van der Waals surface area contributed by atoms with E-state index in [4.69, 9.17) is 18.0 Å². The van der Waals surface area contributed by atoms with Crippen LogP contribution in [0.4, 0.5) is 0 Å². The van der Waals surface area contributed by atoms with Crippen molar-refractivity contribution in [2.75, 3.05) is 0 Å². The Kier molecular flexibility index (Phi) is 5.19. The molecule has 0 radical (unpaired) electrons. The molecule has 5 heteroatoms. The third-order valence-corrected chi connectivity index (χ3v) is 9.75. The fraction of sp³-hybridized carbons (Fsp3) is 0.792. The predicted molar refractivity (Wildman–Crippen MR) is 117 cm³/mol. The molecule has 0 aliphatic heterocycles. The lowest BCUT2D eigenvalue weighted by Gasteiger charge is -2.57. The lowest BCUT2D eigenvalue weighted by Crippen LogP contribution is -2.51. The molecule has 0 unspecified atom stereocenters. The molecule has 0 aromatic heterocycles. The number of nitrogens with two attached hydrogens (primary N) is 1. The number of allylic oxidation sites excluding steroid dienone is 1. The number of aliphatic hydroxyl groups excluding tert-OH is 1. The summed E-state index contributed by atoms with van der Waals surface area (Å²) < 4.78 is 0. The monoisotopic (exact) mass is 414 g/mol. The average Bonchev–Trinajstić information content (AvgIpc) is 2.95. The van der Waals surface area contributed by atoms with Crippen molar-refractivity contribution in [1.82, 2.24) is 0 Å². The molecule has 4 nitrogen and oxygen atoms in total. The number of hydrogen-bond donors (Lipinski definition) is 2. The molecule has 0 aromatic rings. The van der Waals surface area contributed by atoms with Gasteiger partial charge in [-0.3, -0.25) is 4.79 Å². The molecule has 4 rings (SSSR count). The molecule has 0 saturated heterocycles. The van der Waals surface area contributed by atoms with Crippen LogP contribution < -0.4 is 5.73 Å².